The van der Waals surface area contributed by atoms with Gasteiger partial charge in [-0.25, -0.2) is 0 Å². The van der Waals surface area contributed by atoms with Gasteiger partial charge in [0.15, 0.2) is 11.5 Å². The van der Waals surface area contributed by atoms with Crippen LogP contribution in [-0.2, 0) is 0 Å². The Morgan fingerprint density at radius 2 is 1.33 bits per heavy atom. The Labute approximate surface area is 85.2 Å². The normalized spacial score (nSPS) is 38.9. The summed E-state index contributed by atoms with van der Waals surface area (Å²) in [5.41, 5.74) is -3.82. The van der Waals surface area contributed by atoms with Crippen LogP contribution in [0.15, 0.2) is 47.7 Å². The molecule has 80 valence electrons. The van der Waals surface area contributed by atoms with Gasteiger partial charge in [0.1, 0.15) is 17.0 Å². The lowest BCUT2D eigenvalue weighted by molar-refractivity contribution is -0.0406. The topological polar surface area (TPSA) is 101 Å². The van der Waals surface area contributed by atoms with Crippen molar-refractivity contribution in [3.63, 3.8) is 0 Å². The maximum Gasteiger partial charge on any atom is 0.156 e. The molecule has 0 saturated carbocycles. The van der Waals surface area contributed by atoms with Crippen LogP contribution < -0.4 is 0 Å². The lowest BCUT2D eigenvalue weighted by Gasteiger charge is -2.39. The number of fused-ring (bicyclic) bond motifs is 1. The molecule has 0 bridgehead atoms. The predicted octanol–water partition coefficient (Wildman–Crippen LogP) is 0.358. The number of hydrogen-bond acceptors (Lipinski definition) is 5. The smallest absolute Gasteiger partial charge is 0.156 e. The van der Waals surface area contributed by atoms with Crippen molar-refractivity contribution in [3.05, 3.63) is 47.7 Å². The van der Waals surface area contributed by atoms with E-state index in [0.717, 1.165) is 24.3 Å². The molecule has 0 fully saturated rings. The van der Waals surface area contributed by atoms with E-state index in [-0.39, 0.29) is 5.76 Å². The SMILES string of the molecule is OC1=CC2(O)C=C(O)C(O)=CC2(O)C=C1. The maximum atomic E-state index is 9.98. The van der Waals surface area contributed by atoms with Crippen LogP contribution in [-0.4, -0.2) is 36.7 Å². The fourth-order valence-electron chi connectivity index (χ4n) is 1.62. The van der Waals surface area contributed by atoms with E-state index >= 15 is 0 Å². The molecule has 2 aliphatic carbocycles. The summed E-state index contributed by atoms with van der Waals surface area (Å²) in [5.74, 6) is -1.32. The Hall–Kier alpha value is -1.72. The molecule has 5 N–H and O–H groups in total. The van der Waals surface area contributed by atoms with Crippen LogP contribution in [0.1, 0.15) is 0 Å². The lowest BCUT2D eigenvalue weighted by Crippen LogP contribution is -2.52. The van der Waals surface area contributed by atoms with E-state index in [0.29, 0.717) is 0 Å². The van der Waals surface area contributed by atoms with E-state index in [1.54, 1.807) is 0 Å². The van der Waals surface area contributed by atoms with E-state index < -0.39 is 22.7 Å². The van der Waals surface area contributed by atoms with E-state index in [2.05, 4.69) is 0 Å². The Bertz CT molecular complexity index is 431. The third-order valence-corrected chi connectivity index (χ3v) is 2.49. The summed E-state index contributed by atoms with van der Waals surface area (Å²) >= 11 is 0. The molecule has 0 aromatic heterocycles. The van der Waals surface area contributed by atoms with Crippen molar-refractivity contribution in [3.8, 4) is 0 Å². The molecule has 0 aromatic rings. The standard InChI is InChI=1S/C10H10O5/c11-6-1-2-9(14)4-7(12)8(13)5-10(9,15)3-6/h1-5,11-15H. The Morgan fingerprint density at radius 3 is 1.93 bits per heavy atom. The number of aliphatic hydroxyl groups excluding tert-OH is 3. The molecule has 5 nitrogen and oxygen atoms in total. The van der Waals surface area contributed by atoms with Crippen LogP contribution in [0.25, 0.3) is 0 Å². The lowest BCUT2D eigenvalue weighted by atomic mass is 9.75. The molecule has 0 saturated heterocycles. The summed E-state index contributed by atoms with van der Waals surface area (Å²) in [6.45, 7) is 0. The molecule has 0 amide bonds. The van der Waals surface area contributed by atoms with Gasteiger partial charge in [-0.15, -0.1) is 0 Å². The second kappa shape index (κ2) is 2.65. The van der Waals surface area contributed by atoms with Gasteiger partial charge in [0, 0.05) is 12.2 Å². The monoisotopic (exact) mass is 210 g/mol. The highest BCUT2D eigenvalue weighted by atomic mass is 16.4. The van der Waals surface area contributed by atoms with Gasteiger partial charge in [-0.05, 0) is 18.2 Å². The van der Waals surface area contributed by atoms with Crippen molar-refractivity contribution in [1.82, 2.24) is 0 Å². The average molecular weight is 210 g/mol. The fraction of sp³-hybridized carbons (Fsp3) is 0.200. The Balaban J connectivity index is 2.59. The van der Waals surface area contributed by atoms with Crippen LogP contribution in [0, 0.1) is 0 Å². The average Bonchev–Trinajstić information content (AvgIpc) is 2.10. The van der Waals surface area contributed by atoms with Crippen LogP contribution >= 0.6 is 0 Å². The summed E-state index contributed by atoms with van der Waals surface area (Å²) in [7, 11) is 0. The minimum absolute atomic E-state index is 0.235. The molecule has 2 aliphatic rings. The van der Waals surface area contributed by atoms with Crippen molar-refractivity contribution < 1.29 is 25.5 Å². The van der Waals surface area contributed by atoms with Gasteiger partial charge in [0.2, 0.25) is 0 Å². The molecule has 0 heterocycles. The maximum absolute atomic E-state index is 9.98. The molecule has 2 rings (SSSR count). The highest BCUT2D eigenvalue weighted by molar-refractivity contribution is 5.47. The third kappa shape index (κ3) is 1.25. The summed E-state index contributed by atoms with van der Waals surface area (Å²) in [4.78, 5) is 0. The van der Waals surface area contributed by atoms with Crippen LogP contribution in [0.5, 0.6) is 0 Å². The summed E-state index contributed by atoms with van der Waals surface area (Å²) in [6, 6.07) is 0. The quantitative estimate of drug-likeness (QED) is 0.397. The van der Waals surface area contributed by atoms with E-state index in [4.69, 9.17) is 0 Å². The summed E-state index contributed by atoms with van der Waals surface area (Å²) in [5, 5.41) is 47.6. The van der Waals surface area contributed by atoms with Crippen LogP contribution in [0.2, 0.25) is 0 Å². The Morgan fingerprint density at radius 1 is 0.800 bits per heavy atom. The molecule has 5 heteroatoms. The molecule has 0 spiro atoms. The molecule has 2 unspecified atom stereocenters. The van der Waals surface area contributed by atoms with Crippen molar-refractivity contribution in [2.75, 3.05) is 0 Å². The number of allylic oxidation sites excluding steroid dienone is 1. The molecule has 15 heavy (non-hydrogen) atoms. The minimum Gasteiger partial charge on any atom is -0.508 e. The zero-order valence-electron chi connectivity index (χ0n) is 7.62. The van der Waals surface area contributed by atoms with Gasteiger partial charge in [-0.3, -0.25) is 0 Å². The number of hydrogen-bond donors (Lipinski definition) is 5. The molecular formula is C10H10O5. The second-order valence-corrected chi connectivity index (χ2v) is 3.61. The zero-order chi connectivity index (χ0) is 11.3. The molecule has 0 aliphatic heterocycles. The second-order valence-electron chi connectivity index (χ2n) is 3.61. The van der Waals surface area contributed by atoms with Crippen molar-refractivity contribution in [1.29, 1.82) is 0 Å². The first-order valence-electron chi connectivity index (χ1n) is 4.26. The fourth-order valence-corrected chi connectivity index (χ4v) is 1.62. The zero-order valence-corrected chi connectivity index (χ0v) is 7.62. The van der Waals surface area contributed by atoms with Gasteiger partial charge in [0.05, 0.1) is 0 Å². The van der Waals surface area contributed by atoms with Gasteiger partial charge in [0.25, 0.3) is 0 Å². The molecule has 0 radical (unpaired) electrons. The molecular weight excluding hydrogens is 200 g/mol. The Kier molecular flexibility index (Phi) is 1.74. The third-order valence-electron chi connectivity index (χ3n) is 2.49. The molecule has 0 aromatic carbocycles. The minimum atomic E-state index is -1.96. The number of rotatable bonds is 0. The number of aliphatic hydroxyl groups is 5. The van der Waals surface area contributed by atoms with Gasteiger partial charge in [-0.1, -0.05) is 0 Å². The highest BCUT2D eigenvalue weighted by Gasteiger charge is 2.48. The van der Waals surface area contributed by atoms with Crippen LogP contribution in [0.4, 0.5) is 0 Å². The van der Waals surface area contributed by atoms with E-state index in [1.807, 2.05) is 0 Å². The molecule has 2 atom stereocenters. The summed E-state index contributed by atoms with van der Waals surface area (Å²) in [6.07, 6.45) is 5.06. The highest BCUT2D eigenvalue weighted by Crippen LogP contribution is 2.38. The van der Waals surface area contributed by atoms with Gasteiger partial charge < -0.3 is 25.5 Å². The first-order valence-corrected chi connectivity index (χ1v) is 4.26. The largest absolute Gasteiger partial charge is 0.508 e. The van der Waals surface area contributed by atoms with Gasteiger partial charge >= 0.3 is 0 Å². The summed E-state index contributed by atoms with van der Waals surface area (Å²) < 4.78 is 0. The van der Waals surface area contributed by atoms with E-state index in [9.17, 15) is 25.5 Å². The van der Waals surface area contributed by atoms with Crippen molar-refractivity contribution in [2.24, 2.45) is 0 Å². The predicted molar refractivity (Wildman–Crippen MR) is 51.2 cm³/mol. The van der Waals surface area contributed by atoms with Gasteiger partial charge in [-0.2, -0.15) is 0 Å². The first-order chi connectivity index (χ1) is 6.86. The van der Waals surface area contributed by atoms with Crippen molar-refractivity contribution >= 4 is 0 Å². The van der Waals surface area contributed by atoms with Crippen molar-refractivity contribution in [2.45, 2.75) is 11.2 Å². The first kappa shape index (κ1) is 9.82. The van der Waals surface area contributed by atoms with Crippen LogP contribution in [0.3, 0.4) is 0 Å². The van der Waals surface area contributed by atoms with E-state index in [1.165, 1.54) is 6.08 Å².